The van der Waals surface area contributed by atoms with E-state index < -0.39 is 18.3 Å². The number of aryl methyl sites for hydroxylation is 2. The number of hydrogen-bond acceptors (Lipinski definition) is 6. The molecule has 1 aliphatic carbocycles. The number of carbonyl (C=O) groups excluding carboxylic acids is 2. The van der Waals surface area contributed by atoms with Crippen LogP contribution in [-0.2, 0) is 38.3 Å². The molecule has 190 valence electrons. The van der Waals surface area contributed by atoms with E-state index in [0.717, 1.165) is 31.2 Å². The Kier molecular flexibility index (Phi) is 10.3. The van der Waals surface area contributed by atoms with Gasteiger partial charge in [0.2, 0.25) is 11.8 Å². The van der Waals surface area contributed by atoms with Crippen LogP contribution in [0.3, 0.4) is 0 Å². The van der Waals surface area contributed by atoms with Gasteiger partial charge in [-0.2, -0.15) is 0 Å². The van der Waals surface area contributed by atoms with E-state index in [1.54, 1.807) is 4.90 Å². The molecule has 2 aliphatic rings. The highest BCUT2D eigenvalue weighted by molar-refractivity contribution is 5.79. The van der Waals surface area contributed by atoms with E-state index in [1.807, 2.05) is 4.90 Å². The number of carbonyl (C=O) groups is 2. The van der Waals surface area contributed by atoms with Crippen molar-refractivity contribution >= 4 is 11.8 Å². The lowest BCUT2D eigenvalue weighted by molar-refractivity contribution is -0.136. The number of rotatable bonds is 3. The van der Waals surface area contributed by atoms with E-state index >= 15 is 0 Å². The molecule has 0 bridgehead atoms. The standard InChI is InChI=1S/C26H40N2O6/c1-19(29)28-13-6-12-27(25(31)16-20-9-10-21-7-5-8-22(21)15-20)11-3-4-14-34-18-23(30)26(32)24(17-28)33-2/h9-10,15,23-24,26,30,32H,3-8,11-14,16-18H2,1-2H3/t23-,24-,26-/m0/s1. The first-order valence-corrected chi connectivity index (χ1v) is 12.5. The predicted molar refractivity (Wildman–Crippen MR) is 128 cm³/mol. The van der Waals surface area contributed by atoms with E-state index in [2.05, 4.69) is 18.2 Å². The fourth-order valence-electron chi connectivity index (χ4n) is 4.81. The summed E-state index contributed by atoms with van der Waals surface area (Å²) >= 11 is 0. The Labute approximate surface area is 202 Å². The van der Waals surface area contributed by atoms with Gasteiger partial charge >= 0.3 is 0 Å². The van der Waals surface area contributed by atoms with Crippen LogP contribution >= 0.6 is 0 Å². The molecule has 3 rings (SSSR count). The minimum Gasteiger partial charge on any atom is -0.388 e. The number of aliphatic hydroxyl groups excluding tert-OH is 2. The van der Waals surface area contributed by atoms with Crippen molar-refractivity contribution in [1.82, 2.24) is 9.80 Å². The van der Waals surface area contributed by atoms with Gasteiger partial charge in [-0.3, -0.25) is 9.59 Å². The Morgan fingerprint density at radius 3 is 2.53 bits per heavy atom. The van der Waals surface area contributed by atoms with Gasteiger partial charge in [-0.05, 0) is 55.2 Å². The van der Waals surface area contributed by atoms with Gasteiger partial charge in [0.15, 0.2) is 0 Å². The van der Waals surface area contributed by atoms with E-state index in [0.29, 0.717) is 39.1 Å². The average Bonchev–Trinajstić information content (AvgIpc) is 3.28. The molecule has 2 N–H and O–H groups in total. The van der Waals surface area contributed by atoms with Crippen LogP contribution in [0.2, 0.25) is 0 Å². The van der Waals surface area contributed by atoms with Gasteiger partial charge in [0.05, 0.1) is 13.0 Å². The first-order chi connectivity index (χ1) is 16.4. The number of benzene rings is 1. The molecule has 1 aromatic rings. The highest BCUT2D eigenvalue weighted by Gasteiger charge is 2.29. The van der Waals surface area contributed by atoms with Crippen LogP contribution in [0.4, 0.5) is 0 Å². The molecule has 8 nitrogen and oxygen atoms in total. The normalized spacial score (nSPS) is 25.4. The zero-order valence-corrected chi connectivity index (χ0v) is 20.6. The Balaban J connectivity index is 1.66. The molecule has 1 heterocycles. The molecule has 8 heteroatoms. The summed E-state index contributed by atoms with van der Waals surface area (Å²) in [6.07, 6.45) is 2.94. The van der Waals surface area contributed by atoms with Crippen molar-refractivity contribution in [1.29, 1.82) is 0 Å². The lowest BCUT2D eigenvalue weighted by Gasteiger charge is -2.31. The van der Waals surface area contributed by atoms with Crippen molar-refractivity contribution in [2.45, 2.75) is 70.2 Å². The number of ether oxygens (including phenoxy) is 2. The lowest BCUT2D eigenvalue weighted by atomic mass is 10.0. The van der Waals surface area contributed by atoms with Gasteiger partial charge in [0.25, 0.3) is 0 Å². The maximum Gasteiger partial charge on any atom is 0.226 e. The number of methoxy groups -OCH3 is 1. The number of hydrogen-bond donors (Lipinski definition) is 2. The molecule has 1 saturated heterocycles. The van der Waals surface area contributed by atoms with Crippen LogP contribution in [0, 0.1) is 0 Å². The number of amides is 2. The van der Waals surface area contributed by atoms with Gasteiger partial charge in [-0.25, -0.2) is 0 Å². The average molecular weight is 477 g/mol. The minimum absolute atomic E-state index is 0.0118. The second kappa shape index (κ2) is 13.2. The molecule has 0 spiro atoms. The van der Waals surface area contributed by atoms with E-state index in [4.69, 9.17) is 9.47 Å². The second-order valence-corrected chi connectivity index (χ2v) is 9.45. The first kappa shape index (κ1) is 26.6. The van der Waals surface area contributed by atoms with E-state index in [9.17, 15) is 19.8 Å². The Hall–Kier alpha value is -2.00. The van der Waals surface area contributed by atoms with E-state index in [-0.39, 0.29) is 25.0 Å². The van der Waals surface area contributed by atoms with Gasteiger partial charge in [-0.1, -0.05) is 18.2 Å². The van der Waals surface area contributed by atoms with Crippen molar-refractivity contribution in [3.63, 3.8) is 0 Å². The van der Waals surface area contributed by atoms with Crippen LogP contribution in [-0.4, -0.2) is 96.6 Å². The van der Waals surface area contributed by atoms with Crippen molar-refractivity contribution in [2.24, 2.45) is 0 Å². The molecule has 0 radical (unpaired) electrons. The Morgan fingerprint density at radius 1 is 1.03 bits per heavy atom. The van der Waals surface area contributed by atoms with Crippen molar-refractivity contribution in [2.75, 3.05) is 46.5 Å². The molecule has 0 unspecified atom stereocenters. The smallest absolute Gasteiger partial charge is 0.226 e. The summed E-state index contributed by atoms with van der Waals surface area (Å²) in [6, 6.07) is 6.41. The molecular formula is C26H40N2O6. The zero-order valence-electron chi connectivity index (χ0n) is 20.6. The maximum absolute atomic E-state index is 13.2. The van der Waals surface area contributed by atoms with Crippen LogP contribution in [0.1, 0.15) is 49.3 Å². The molecule has 0 saturated carbocycles. The van der Waals surface area contributed by atoms with Crippen LogP contribution in [0.5, 0.6) is 0 Å². The van der Waals surface area contributed by atoms with E-state index in [1.165, 1.54) is 31.6 Å². The molecule has 1 aliphatic heterocycles. The summed E-state index contributed by atoms with van der Waals surface area (Å²) in [5.41, 5.74) is 3.83. The molecule has 3 atom stereocenters. The fourth-order valence-corrected chi connectivity index (χ4v) is 4.81. The SMILES string of the molecule is CO[C@H]1CN(C(C)=O)CCCN(C(=O)Cc2ccc3c(c2)CCC3)CCCCOC[C@H](O)[C@@H]1O. The third-order valence-corrected chi connectivity index (χ3v) is 6.91. The van der Waals surface area contributed by atoms with Crippen LogP contribution < -0.4 is 0 Å². The number of aliphatic hydroxyl groups is 2. The third kappa shape index (κ3) is 7.50. The molecule has 2 amide bonds. The van der Waals surface area contributed by atoms with Gasteiger partial charge in [0, 0.05) is 46.8 Å². The number of fused-ring (bicyclic) bond motifs is 1. The Morgan fingerprint density at radius 2 is 1.76 bits per heavy atom. The molecule has 1 aromatic carbocycles. The van der Waals surface area contributed by atoms with Crippen molar-refractivity contribution in [3.05, 3.63) is 34.9 Å². The third-order valence-electron chi connectivity index (χ3n) is 6.91. The molecule has 1 fully saturated rings. The number of nitrogens with zero attached hydrogens (tertiary/aromatic N) is 2. The lowest BCUT2D eigenvalue weighted by Crippen LogP contribution is -2.48. The quantitative estimate of drug-likeness (QED) is 0.683. The summed E-state index contributed by atoms with van der Waals surface area (Å²) in [5.74, 6) is -0.0431. The highest BCUT2D eigenvalue weighted by Crippen LogP contribution is 2.23. The van der Waals surface area contributed by atoms with Crippen LogP contribution in [0.15, 0.2) is 18.2 Å². The summed E-state index contributed by atoms with van der Waals surface area (Å²) in [5, 5.41) is 20.7. The summed E-state index contributed by atoms with van der Waals surface area (Å²) < 4.78 is 10.9. The van der Waals surface area contributed by atoms with Gasteiger partial charge in [0.1, 0.15) is 18.3 Å². The molecular weight excluding hydrogens is 436 g/mol. The minimum atomic E-state index is -1.16. The predicted octanol–water partition coefficient (Wildman–Crippen LogP) is 1.33. The summed E-state index contributed by atoms with van der Waals surface area (Å²) in [7, 11) is 1.45. The van der Waals surface area contributed by atoms with Crippen molar-refractivity contribution in [3.8, 4) is 0 Å². The van der Waals surface area contributed by atoms with Crippen molar-refractivity contribution < 1.29 is 29.3 Å². The molecule has 34 heavy (non-hydrogen) atoms. The van der Waals surface area contributed by atoms with Gasteiger partial charge < -0.3 is 29.5 Å². The fraction of sp³-hybridized carbons (Fsp3) is 0.692. The molecule has 0 aromatic heterocycles. The topological polar surface area (TPSA) is 99.5 Å². The van der Waals surface area contributed by atoms with Gasteiger partial charge in [-0.15, -0.1) is 0 Å². The maximum atomic E-state index is 13.2. The Bertz CT molecular complexity index is 816. The van der Waals surface area contributed by atoms with Crippen LogP contribution in [0.25, 0.3) is 0 Å². The monoisotopic (exact) mass is 476 g/mol. The second-order valence-electron chi connectivity index (χ2n) is 9.45. The summed E-state index contributed by atoms with van der Waals surface area (Å²) in [4.78, 5) is 28.9. The zero-order chi connectivity index (χ0) is 24.5. The first-order valence-electron chi connectivity index (χ1n) is 12.5. The summed E-state index contributed by atoms with van der Waals surface area (Å²) in [6.45, 7) is 3.68. The highest BCUT2D eigenvalue weighted by atomic mass is 16.5. The largest absolute Gasteiger partial charge is 0.388 e.